The third kappa shape index (κ3) is 4.71. The molecule has 0 spiro atoms. The Morgan fingerprint density at radius 3 is 2.62 bits per heavy atom. The van der Waals surface area contributed by atoms with Crippen LogP contribution in [0.4, 0.5) is 0 Å². The molecule has 6 heteroatoms. The fraction of sp³-hybridized carbons (Fsp3) is 0.500. The molecule has 0 unspecified atom stereocenters. The monoisotopic (exact) mass is 356 g/mol. The van der Waals surface area contributed by atoms with Gasteiger partial charge < -0.3 is 10.4 Å². The molecule has 1 aliphatic rings. The molecular weight excluding hydrogens is 328 g/mol. The van der Waals surface area contributed by atoms with Crippen LogP contribution in [0, 0.1) is 13.8 Å². The highest BCUT2D eigenvalue weighted by Crippen LogP contribution is 2.15. The van der Waals surface area contributed by atoms with Gasteiger partial charge in [0, 0.05) is 30.9 Å². The van der Waals surface area contributed by atoms with E-state index in [0.717, 1.165) is 49.4 Å². The molecule has 2 heterocycles. The third-order valence-electron chi connectivity index (χ3n) is 5.09. The van der Waals surface area contributed by atoms with Crippen molar-refractivity contribution in [2.75, 3.05) is 19.6 Å². The van der Waals surface area contributed by atoms with Gasteiger partial charge in [-0.3, -0.25) is 14.4 Å². The first kappa shape index (κ1) is 18.6. The highest BCUT2D eigenvalue weighted by molar-refractivity contribution is 5.78. The normalized spacial score (nSPS) is 16.0. The largest absolute Gasteiger partial charge is 0.393 e. The second kappa shape index (κ2) is 8.47. The van der Waals surface area contributed by atoms with Crippen molar-refractivity contribution in [3.63, 3.8) is 0 Å². The van der Waals surface area contributed by atoms with Crippen LogP contribution in [0.1, 0.15) is 35.4 Å². The van der Waals surface area contributed by atoms with E-state index in [0.29, 0.717) is 13.1 Å². The smallest absolute Gasteiger partial charge is 0.234 e. The van der Waals surface area contributed by atoms with Gasteiger partial charge in [-0.05, 0) is 32.3 Å². The van der Waals surface area contributed by atoms with Crippen molar-refractivity contribution in [2.45, 2.75) is 45.9 Å². The lowest BCUT2D eigenvalue weighted by Crippen LogP contribution is -2.42. The van der Waals surface area contributed by atoms with Crippen LogP contribution in [-0.4, -0.2) is 51.4 Å². The number of amides is 1. The van der Waals surface area contributed by atoms with E-state index < -0.39 is 0 Å². The van der Waals surface area contributed by atoms with Crippen molar-refractivity contribution in [3.05, 3.63) is 52.8 Å². The van der Waals surface area contributed by atoms with Crippen LogP contribution in [-0.2, 0) is 17.9 Å². The summed E-state index contributed by atoms with van der Waals surface area (Å²) in [5.74, 6) is 0.0241. The molecular formula is C20H28N4O2. The van der Waals surface area contributed by atoms with E-state index in [4.69, 9.17) is 0 Å². The maximum Gasteiger partial charge on any atom is 0.234 e. The molecule has 6 nitrogen and oxygen atoms in total. The number of hydrogen-bond donors (Lipinski definition) is 2. The highest BCUT2D eigenvalue weighted by atomic mass is 16.3. The lowest BCUT2D eigenvalue weighted by Gasteiger charge is -2.28. The minimum absolute atomic E-state index is 0.0241. The minimum atomic E-state index is -0.213. The van der Waals surface area contributed by atoms with Crippen molar-refractivity contribution in [2.24, 2.45) is 0 Å². The van der Waals surface area contributed by atoms with Gasteiger partial charge in [0.25, 0.3) is 0 Å². The summed E-state index contributed by atoms with van der Waals surface area (Å²) in [5, 5.41) is 17.2. The van der Waals surface area contributed by atoms with E-state index in [1.54, 1.807) is 0 Å². The predicted molar refractivity (Wildman–Crippen MR) is 101 cm³/mol. The Hall–Kier alpha value is -2.18. The van der Waals surface area contributed by atoms with Crippen LogP contribution >= 0.6 is 0 Å². The molecule has 2 N–H and O–H groups in total. The molecule has 3 rings (SSSR count). The number of nitrogens with one attached hydrogen (secondary N) is 1. The molecule has 1 saturated heterocycles. The number of aromatic nitrogens is 2. The van der Waals surface area contributed by atoms with Crippen LogP contribution in [0.3, 0.4) is 0 Å². The van der Waals surface area contributed by atoms with E-state index in [9.17, 15) is 9.90 Å². The first-order valence-electron chi connectivity index (χ1n) is 9.27. The third-order valence-corrected chi connectivity index (χ3v) is 5.09. The number of carbonyl (C=O) groups excluding carboxylic acids is 1. The zero-order chi connectivity index (χ0) is 18.5. The van der Waals surface area contributed by atoms with Gasteiger partial charge in [0.05, 0.1) is 24.9 Å². The lowest BCUT2D eigenvalue weighted by molar-refractivity contribution is -0.122. The van der Waals surface area contributed by atoms with Gasteiger partial charge in [0.1, 0.15) is 0 Å². The second-order valence-corrected chi connectivity index (χ2v) is 7.08. The predicted octanol–water partition coefficient (Wildman–Crippen LogP) is 1.62. The van der Waals surface area contributed by atoms with Gasteiger partial charge in [0.15, 0.2) is 0 Å². The van der Waals surface area contributed by atoms with Crippen LogP contribution in [0.2, 0.25) is 0 Å². The molecule has 1 aromatic carbocycles. The number of nitrogens with zero attached hydrogens (tertiary/aromatic N) is 3. The van der Waals surface area contributed by atoms with Gasteiger partial charge in [0.2, 0.25) is 5.91 Å². The molecule has 2 aromatic rings. The summed E-state index contributed by atoms with van der Waals surface area (Å²) in [6, 6.07) is 10.2. The van der Waals surface area contributed by atoms with Crippen LogP contribution in [0.15, 0.2) is 30.3 Å². The summed E-state index contributed by atoms with van der Waals surface area (Å²) in [4.78, 5) is 14.3. The molecule has 26 heavy (non-hydrogen) atoms. The number of hydrogen-bond acceptors (Lipinski definition) is 4. The SMILES string of the molecule is Cc1nn(Cc2ccccc2)c(C)c1CNC(=O)CN1CCC(O)CC1. The van der Waals surface area contributed by atoms with Crippen molar-refractivity contribution >= 4 is 5.91 Å². The number of piperidine rings is 1. The Morgan fingerprint density at radius 2 is 1.92 bits per heavy atom. The van der Waals surface area contributed by atoms with E-state index >= 15 is 0 Å². The van der Waals surface area contributed by atoms with Gasteiger partial charge >= 0.3 is 0 Å². The minimum Gasteiger partial charge on any atom is -0.393 e. The maximum atomic E-state index is 12.2. The van der Waals surface area contributed by atoms with E-state index in [-0.39, 0.29) is 12.0 Å². The topological polar surface area (TPSA) is 70.4 Å². The summed E-state index contributed by atoms with van der Waals surface area (Å²) in [6.07, 6.45) is 1.28. The van der Waals surface area contributed by atoms with Crippen molar-refractivity contribution in [1.29, 1.82) is 0 Å². The number of likely N-dealkylation sites (tertiary alicyclic amines) is 1. The lowest BCUT2D eigenvalue weighted by atomic mass is 10.1. The first-order valence-corrected chi connectivity index (χ1v) is 9.27. The fourth-order valence-electron chi connectivity index (χ4n) is 3.42. The molecule has 1 aromatic heterocycles. The number of benzene rings is 1. The second-order valence-electron chi connectivity index (χ2n) is 7.08. The van der Waals surface area contributed by atoms with E-state index in [2.05, 4.69) is 34.4 Å². The van der Waals surface area contributed by atoms with Crippen molar-refractivity contribution in [1.82, 2.24) is 20.0 Å². The molecule has 0 saturated carbocycles. The van der Waals surface area contributed by atoms with Crippen molar-refractivity contribution < 1.29 is 9.90 Å². The molecule has 140 valence electrons. The fourth-order valence-corrected chi connectivity index (χ4v) is 3.42. The van der Waals surface area contributed by atoms with Crippen molar-refractivity contribution in [3.8, 4) is 0 Å². The molecule has 1 aliphatic heterocycles. The number of rotatable bonds is 6. The van der Waals surface area contributed by atoms with E-state index in [1.807, 2.05) is 29.8 Å². The van der Waals surface area contributed by atoms with Gasteiger partial charge in [-0.15, -0.1) is 0 Å². The van der Waals surface area contributed by atoms with Crippen LogP contribution in [0.25, 0.3) is 0 Å². The Morgan fingerprint density at radius 1 is 1.23 bits per heavy atom. The first-order chi connectivity index (χ1) is 12.5. The summed E-state index contributed by atoms with van der Waals surface area (Å²) in [6.45, 7) is 7.23. The van der Waals surface area contributed by atoms with E-state index in [1.165, 1.54) is 5.56 Å². The molecule has 0 atom stereocenters. The molecule has 1 amide bonds. The van der Waals surface area contributed by atoms with Gasteiger partial charge in [-0.1, -0.05) is 30.3 Å². The standard InChI is InChI=1S/C20H28N4O2/c1-15-19(12-21-20(26)14-23-10-8-18(25)9-11-23)16(2)24(22-15)13-17-6-4-3-5-7-17/h3-7,18,25H,8-14H2,1-2H3,(H,21,26). The number of aryl methyl sites for hydroxylation is 1. The Bertz CT molecular complexity index is 734. The average Bonchev–Trinajstić information content (AvgIpc) is 2.89. The summed E-state index contributed by atoms with van der Waals surface area (Å²) in [5.41, 5.74) is 4.34. The Kier molecular flexibility index (Phi) is 6.06. The number of aliphatic hydroxyl groups excluding tert-OH is 1. The Balaban J connectivity index is 1.55. The average molecular weight is 356 g/mol. The quantitative estimate of drug-likeness (QED) is 0.825. The maximum absolute atomic E-state index is 12.2. The highest BCUT2D eigenvalue weighted by Gasteiger charge is 2.19. The number of carbonyl (C=O) groups is 1. The molecule has 0 radical (unpaired) electrons. The summed E-state index contributed by atoms with van der Waals surface area (Å²) in [7, 11) is 0. The zero-order valence-electron chi connectivity index (χ0n) is 15.6. The summed E-state index contributed by atoms with van der Waals surface area (Å²) >= 11 is 0. The van der Waals surface area contributed by atoms with Gasteiger partial charge in [-0.2, -0.15) is 5.10 Å². The van der Waals surface area contributed by atoms with Crippen LogP contribution < -0.4 is 5.32 Å². The van der Waals surface area contributed by atoms with Gasteiger partial charge in [-0.25, -0.2) is 0 Å². The zero-order valence-corrected chi connectivity index (χ0v) is 15.6. The molecule has 1 fully saturated rings. The number of aliphatic hydroxyl groups is 1. The Labute approximate surface area is 154 Å². The molecule has 0 aliphatic carbocycles. The molecule has 0 bridgehead atoms. The van der Waals surface area contributed by atoms with Crippen LogP contribution in [0.5, 0.6) is 0 Å². The summed E-state index contributed by atoms with van der Waals surface area (Å²) < 4.78 is 2.00.